The number of carbonyl (C=O) groups excluding carboxylic acids is 2. The number of furan rings is 1. The van der Waals surface area contributed by atoms with E-state index in [-0.39, 0.29) is 11.2 Å². The Balaban J connectivity index is 1.66. The van der Waals surface area contributed by atoms with Gasteiger partial charge in [-0.25, -0.2) is 4.79 Å². The highest BCUT2D eigenvalue weighted by atomic mass is 16.6. The Morgan fingerprint density at radius 2 is 1.68 bits per heavy atom. The molecule has 1 unspecified atom stereocenters. The summed E-state index contributed by atoms with van der Waals surface area (Å²) in [4.78, 5) is 24.9. The van der Waals surface area contributed by atoms with Crippen LogP contribution in [-0.4, -0.2) is 18.0 Å². The highest BCUT2D eigenvalue weighted by Crippen LogP contribution is 2.26. The van der Waals surface area contributed by atoms with Crippen molar-refractivity contribution in [2.75, 3.05) is 5.32 Å². The fraction of sp³-hybridized carbons (Fsp3) is 0.304. The number of nitrogens with one attached hydrogen (secondary N) is 1. The van der Waals surface area contributed by atoms with Crippen LogP contribution in [0.2, 0.25) is 0 Å². The van der Waals surface area contributed by atoms with Gasteiger partial charge in [-0.1, -0.05) is 51.1 Å². The molecule has 0 aliphatic rings. The molecular weight excluding hydrogens is 354 g/mol. The monoisotopic (exact) mass is 379 g/mol. The van der Waals surface area contributed by atoms with Crippen molar-refractivity contribution in [2.24, 2.45) is 0 Å². The molecule has 2 aromatic carbocycles. The standard InChI is InChI=1S/C23H25NO4/c1-14-18-8-6-7-9-19(18)28-20(14)22(26)27-15(2)21(25)24-17-12-10-16(11-13-17)23(3,4)5/h6-13,15H,1-5H3,(H,24,25). The maximum atomic E-state index is 12.5. The van der Waals surface area contributed by atoms with Crippen LogP contribution in [0.15, 0.2) is 52.9 Å². The lowest BCUT2D eigenvalue weighted by molar-refractivity contribution is -0.123. The van der Waals surface area contributed by atoms with E-state index in [9.17, 15) is 9.59 Å². The molecule has 3 aromatic rings. The fourth-order valence-electron chi connectivity index (χ4n) is 2.93. The van der Waals surface area contributed by atoms with Crippen LogP contribution >= 0.6 is 0 Å². The summed E-state index contributed by atoms with van der Waals surface area (Å²) in [5, 5.41) is 3.62. The van der Waals surface area contributed by atoms with Crippen molar-refractivity contribution >= 4 is 28.5 Å². The molecule has 0 saturated carbocycles. The number of ether oxygens (including phenoxy) is 1. The van der Waals surface area contributed by atoms with Crippen molar-refractivity contribution in [3.63, 3.8) is 0 Å². The summed E-state index contributed by atoms with van der Waals surface area (Å²) in [6, 6.07) is 15.0. The van der Waals surface area contributed by atoms with Crippen LogP contribution in [0.3, 0.4) is 0 Å². The number of aryl methyl sites for hydroxylation is 1. The van der Waals surface area contributed by atoms with Crippen LogP contribution < -0.4 is 5.32 Å². The van der Waals surface area contributed by atoms with Crippen molar-refractivity contribution in [1.82, 2.24) is 0 Å². The molecule has 0 radical (unpaired) electrons. The van der Waals surface area contributed by atoms with Crippen molar-refractivity contribution in [1.29, 1.82) is 0 Å². The third kappa shape index (κ3) is 4.09. The second-order valence-electron chi connectivity index (χ2n) is 7.92. The first kappa shape index (κ1) is 19.7. The summed E-state index contributed by atoms with van der Waals surface area (Å²) < 4.78 is 10.9. The molecule has 0 saturated heterocycles. The molecule has 0 aliphatic heterocycles. The van der Waals surface area contributed by atoms with Crippen molar-refractivity contribution in [3.8, 4) is 0 Å². The molecule has 1 amide bonds. The minimum absolute atomic E-state index is 0.0375. The maximum absolute atomic E-state index is 12.5. The summed E-state index contributed by atoms with van der Waals surface area (Å²) in [7, 11) is 0. The van der Waals surface area contributed by atoms with Gasteiger partial charge >= 0.3 is 5.97 Å². The van der Waals surface area contributed by atoms with Crippen LogP contribution in [0.25, 0.3) is 11.0 Å². The summed E-state index contributed by atoms with van der Waals surface area (Å²) >= 11 is 0. The zero-order valence-electron chi connectivity index (χ0n) is 16.8. The van der Waals surface area contributed by atoms with E-state index in [0.717, 1.165) is 5.39 Å². The van der Waals surface area contributed by atoms with Gasteiger partial charge in [0, 0.05) is 16.6 Å². The summed E-state index contributed by atoms with van der Waals surface area (Å²) in [6.07, 6.45) is -0.956. The lowest BCUT2D eigenvalue weighted by Gasteiger charge is -2.19. The molecular formula is C23H25NO4. The Labute approximate surface area is 164 Å². The zero-order chi connectivity index (χ0) is 20.5. The van der Waals surface area contributed by atoms with E-state index in [1.807, 2.05) is 42.5 Å². The predicted molar refractivity (Wildman–Crippen MR) is 110 cm³/mol. The summed E-state index contributed by atoms with van der Waals surface area (Å²) in [5.74, 6) is -0.930. The average molecular weight is 379 g/mol. The van der Waals surface area contributed by atoms with Gasteiger partial charge in [0.15, 0.2) is 6.10 Å². The smallest absolute Gasteiger partial charge is 0.375 e. The van der Waals surface area contributed by atoms with Crippen molar-refractivity contribution < 1.29 is 18.7 Å². The number of para-hydroxylation sites is 1. The number of esters is 1. The molecule has 1 heterocycles. The van der Waals surface area contributed by atoms with E-state index in [4.69, 9.17) is 9.15 Å². The molecule has 146 valence electrons. The van der Waals surface area contributed by atoms with Gasteiger partial charge in [0.1, 0.15) is 5.58 Å². The summed E-state index contributed by atoms with van der Waals surface area (Å²) in [5.41, 5.74) is 3.18. The Kier molecular flexibility index (Phi) is 5.27. The fourth-order valence-corrected chi connectivity index (χ4v) is 2.93. The Hall–Kier alpha value is -3.08. The third-order valence-corrected chi connectivity index (χ3v) is 4.70. The summed E-state index contributed by atoms with van der Waals surface area (Å²) in [6.45, 7) is 9.71. The predicted octanol–water partition coefficient (Wildman–Crippen LogP) is 5.22. The van der Waals surface area contributed by atoms with Gasteiger partial charge in [0.25, 0.3) is 5.91 Å². The van der Waals surface area contributed by atoms with Gasteiger partial charge in [-0.05, 0) is 43.0 Å². The van der Waals surface area contributed by atoms with E-state index in [2.05, 4.69) is 26.1 Å². The minimum atomic E-state index is -0.956. The molecule has 1 atom stereocenters. The van der Waals surface area contributed by atoms with Crippen LogP contribution in [-0.2, 0) is 14.9 Å². The molecule has 0 spiro atoms. The maximum Gasteiger partial charge on any atom is 0.375 e. The molecule has 0 bridgehead atoms. The number of carbonyl (C=O) groups is 2. The highest BCUT2D eigenvalue weighted by molar-refractivity contribution is 5.99. The zero-order valence-corrected chi connectivity index (χ0v) is 16.8. The second kappa shape index (κ2) is 7.50. The SMILES string of the molecule is Cc1c(C(=O)OC(C)C(=O)Nc2ccc(C(C)(C)C)cc2)oc2ccccc12. The first-order valence-corrected chi connectivity index (χ1v) is 9.27. The van der Waals surface area contributed by atoms with E-state index in [1.165, 1.54) is 12.5 Å². The molecule has 0 aliphatic carbocycles. The van der Waals surface area contributed by atoms with Crippen LogP contribution in [0.1, 0.15) is 49.4 Å². The first-order chi connectivity index (χ1) is 13.2. The van der Waals surface area contributed by atoms with Crippen LogP contribution in [0, 0.1) is 6.92 Å². The van der Waals surface area contributed by atoms with E-state index in [1.54, 1.807) is 13.0 Å². The Bertz CT molecular complexity index is 1010. The molecule has 5 heteroatoms. The van der Waals surface area contributed by atoms with Gasteiger partial charge in [0.2, 0.25) is 5.76 Å². The molecule has 5 nitrogen and oxygen atoms in total. The molecule has 1 N–H and O–H groups in total. The molecule has 1 aromatic heterocycles. The second-order valence-corrected chi connectivity index (χ2v) is 7.92. The Morgan fingerprint density at radius 1 is 1.04 bits per heavy atom. The van der Waals surface area contributed by atoms with Crippen molar-refractivity contribution in [2.45, 2.75) is 46.1 Å². The third-order valence-electron chi connectivity index (χ3n) is 4.70. The average Bonchev–Trinajstić information content (AvgIpc) is 2.98. The van der Waals surface area contributed by atoms with E-state index in [0.29, 0.717) is 16.8 Å². The molecule has 28 heavy (non-hydrogen) atoms. The lowest BCUT2D eigenvalue weighted by Crippen LogP contribution is -2.30. The van der Waals surface area contributed by atoms with Gasteiger partial charge in [-0.15, -0.1) is 0 Å². The number of benzene rings is 2. The number of fused-ring (bicyclic) bond motifs is 1. The number of rotatable bonds is 4. The van der Waals surface area contributed by atoms with Gasteiger partial charge in [0.05, 0.1) is 0 Å². The molecule has 3 rings (SSSR count). The van der Waals surface area contributed by atoms with E-state index < -0.39 is 18.0 Å². The highest BCUT2D eigenvalue weighted by Gasteiger charge is 2.24. The number of hydrogen-bond donors (Lipinski definition) is 1. The quantitative estimate of drug-likeness (QED) is 0.631. The molecule has 0 fully saturated rings. The van der Waals surface area contributed by atoms with Gasteiger partial charge in [-0.3, -0.25) is 4.79 Å². The topological polar surface area (TPSA) is 68.5 Å². The number of anilines is 1. The van der Waals surface area contributed by atoms with Gasteiger partial charge in [-0.2, -0.15) is 0 Å². The first-order valence-electron chi connectivity index (χ1n) is 9.27. The Morgan fingerprint density at radius 3 is 2.29 bits per heavy atom. The van der Waals surface area contributed by atoms with Crippen LogP contribution in [0.4, 0.5) is 5.69 Å². The normalized spacial score (nSPS) is 12.6. The van der Waals surface area contributed by atoms with Crippen molar-refractivity contribution in [3.05, 3.63) is 65.4 Å². The van der Waals surface area contributed by atoms with Crippen LogP contribution in [0.5, 0.6) is 0 Å². The minimum Gasteiger partial charge on any atom is -0.449 e. The van der Waals surface area contributed by atoms with E-state index >= 15 is 0 Å². The lowest BCUT2D eigenvalue weighted by atomic mass is 9.87. The van der Waals surface area contributed by atoms with Gasteiger partial charge < -0.3 is 14.5 Å². The largest absolute Gasteiger partial charge is 0.449 e. The number of amides is 1. The number of hydrogen-bond acceptors (Lipinski definition) is 4.